The van der Waals surface area contributed by atoms with E-state index >= 15 is 0 Å². The molecule has 1 fully saturated rings. The maximum Gasteiger partial charge on any atom is 0.0544 e. The van der Waals surface area contributed by atoms with Crippen molar-refractivity contribution in [2.75, 3.05) is 13.6 Å². The second kappa shape index (κ2) is 6.86. The molecule has 0 unspecified atom stereocenters. The van der Waals surface area contributed by atoms with Crippen molar-refractivity contribution in [2.24, 2.45) is 0 Å². The Bertz CT molecular complexity index is 341. The van der Waals surface area contributed by atoms with Crippen molar-refractivity contribution < 1.29 is 0 Å². The van der Waals surface area contributed by atoms with E-state index in [1.807, 2.05) is 6.20 Å². The van der Waals surface area contributed by atoms with Crippen LogP contribution in [-0.4, -0.2) is 29.5 Å². The molecule has 3 nitrogen and oxygen atoms in total. The van der Waals surface area contributed by atoms with Crippen molar-refractivity contribution >= 4 is 0 Å². The largest absolute Gasteiger partial charge is 0.313 e. The molecule has 3 heteroatoms. The van der Waals surface area contributed by atoms with Gasteiger partial charge in [0.2, 0.25) is 0 Å². The summed E-state index contributed by atoms with van der Waals surface area (Å²) in [6, 6.07) is 5.12. The average molecular weight is 247 g/mol. The van der Waals surface area contributed by atoms with Crippen LogP contribution in [0.25, 0.3) is 0 Å². The van der Waals surface area contributed by atoms with Crippen molar-refractivity contribution in [2.45, 2.75) is 51.7 Å². The number of pyridine rings is 1. The molecule has 0 aliphatic heterocycles. The first kappa shape index (κ1) is 13.5. The number of hydrogen-bond acceptors (Lipinski definition) is 3. The van der Waals surface area contributed by atoms with Crippen molar-refractivity contribution in [1.29, 1.82) is 0 Å². The summed E-state index contributed by atoms with van der Waals surface area (Å²) in [6.07, 6.45) is 7.50. The summed E-state index contributed by atoms with van der Waals surface area (Å²) in [4.78, 5) is 7.02. The summed E-state index contributed by atoms with van der Waals surface area (Å²) in [6.45, 7) is 5.03. The number of rotatable bonds is 6. The predicted molar refractivity (Wildman–Crippen MR) is 75.3 cm³/mol. The second-order valence-corrected chi connectivity index (χ2v) is 5.29. The third-order valence-corrected chi connectivity index (χ3v) is 3.82. The minimum absolute atomic E-state index is 0.772. The lowest BCUT2D eigenvalue weighted by molar-refractivity contribution is 0.235. The van der Waals surface area contributed by atoms with Crippen LogP contribution in [0.2, 0.25) is 0 Å². The van der Waals surface area contributed by atoms with Crippen LogP contribution in [0, 0.1) is 0 Å². The minimum Gasteiger partial charge on any atom is -0.313 e. The quantitative estimate of drug-likeness (QED) is 0.837. The van der Waals surface area contributed by atoms with Gasteiger partial charge >= 0.3 is 0 Å². The fraction of sp³-hybridized carbons (Fsp3) is 0.667. The van der Waals surface area contributed by atoms with Gasteiger partial charge in [-0.1, -0.05) is 25.8 Å². The molecule has 1 aliphatic rings. The molecule has 100 valence electrons. The van der Waals surface area contributed by atoms with E-state index < -0.39 is 0 Å². The Labute approximate surface area is 111 Å². The molecule has 0 atom stereocenters. The Morgan fingerprint density at radius 1 is 1.33 bits per heavy atom. The number of hydrogen-bond donors (Lipinski definition) is 1. The van der Waals surface area contributed by atoms with E-state index in [9.17, 15) is 0 Å². The van der Waals surface area contributed by atoms with Gasteiger partial charge in [0.1, 0.15) is 0 Å². The first-order chi connectivity index (χ1) is 8.79. The molecule has 1 aromatic heterocycles. The second-order valence-electron chi connectivity index (χ2n) is 5.29. The summed E-state index contributed by atoms with van der Waals surface area (Å²) in [5, 5.41) is 3.32. The molecule has 0 radical (unpaired) electrons. The molecule has 0 spiro atoms. The Balaban J connectivity index is 1.85. The third-order valence-electron chi connectivity index (χ3n) is 3.82. The fourth-order valence-corrected chi connectivity index (χ4v) is 2.65. The van der Waals surface area contributed by atoms with Crippen molar-refractivity contribution in [3.8, 4) is 0 Å². The zero-order valence-corrected chi connectivity index (χ0v) is 11.7. The molecular formula is C15H25N3. The standard InChI is InChI=1S/C15H25N3/c1-3-16-10-13-8-9-14(17-11-13)12-18(2)15-6-4-5-7-15/h8-9,11,15-16H,3-7,10,12H2,1-2H3. The SMILES string of the molecule is CCNCc1ccc(CN(C)C2CCCC2)nc1. The highest BCUT2D eigenvalue weighted by Gasteiger charge is 2.19. The minimum atomic E-state index is 0.772. The van der Waals surface area contributed by atoms with Crippen LogP contribution in [-0.2, 0) is 13.1 Å². The highest BCUT2D eigenvalue weighted by molar-refractivity contribution is 5.14. The molecule has 1 N–H and O–H groups in total. The Kier molecular flexibility index (Phi) is 5.14. The molecule has 0 bridgehead atoms. The van der Waals surface area contributed by atoms with E-state index in [0.29, 0.717) is 0 Å². The van der Waals surface area contributed by atoms with Crippen molar-refractivity contribution in [3.05, 3.63) is 29.6 Å². The number of aromatic nitrogens is 1. The lowest BCUT2D eigenvalue weighted by atomic mass is 10.2. The van der Waals surface area contributed by atoms with E-state index in [4.69, 9.17) is 0 Å². The van der Waals surface area contributed by atoms with Crippen LogP contribution >= 0.6 is 0 Å². The van der Waals surface area contributed by atoms with Gasteiger partial charge in [-0.2, -0.15) is 0 Å². The molecule has 0 amide bonds. The van der Waals surface area contributed by atoms with Crippen LogP contribution in [0.3, 0.4) is 0 Å². The molecule has 1 aromatic rings. The van der Waals surface area contributed by atoms with E-state index in [0.717, 1.165) is 25.7 Å². The average Bonchev–Trinajstić information content (AvgIpc) is 2.92. The Morgan fingerprint density at radius 2 is 2.11 bits per heavy atom. The maximum atomic E-state index is 4.56. The molecule has 1 aliphatic carbocycles. The highest BCUT2D eigenvalue weighted by Crippen LogP contribution is 2.23. The van der Waals surface area contributed by atoms with Crippen LogP contribution < -0.4 is 5.32 Å². The number of nitrogens with one attached hydrogen (secondary N) is 1. The maximum absolute atomic E-state index is 4.56. The lowest BCUT2D eigenvalue weighted by Crippen LogP contribution is -2.28. The lowest BCUT2D eigenvalue weighted by Gasteiger charge is -2.23. The van der Waals surface area contributed by atoms with Gasteiger partial charge in [0, 0.05) is 25.3 Å². The molecule has 18 heavy (non-hydrogen) atoms. The van der Waals surface area contributed by atoms with E-state index in [-0.39, 0.29) is 0 Å². The molecule has 1 heterocycles. The van der Waals surface area contributed by atoms with Crippen LogP contribution in [0.4, 0.5) is 0 Å². The Morgan fingerprint density at radius 3 is 2.72 bits per heavy atom. The zero-order valence-electron chi connectivity index (χ0n) is 11.7. The highest BCUT2D eigenvalue weighted by atomic mass is 15.1. The van der Waals surface area contributed by atoms with Crippen LogP contribution in [0.5, 0.6) is 0 Å². The molecular weight excluding hydrogens is 222 g/mol. The summed E-state index contributed by atoms with van der Waals surface area (Å²) >= 11 is 0. The summed E-state index contributed by atoms with van der Waals surface area (Å²) in [5.41, 5.74) is 2.45. The third kappa shape index (κ3) is 3.79. The zero-order chi connectivity index (χ0) is 12.8. The normalized spacial score (nSPS) is 16.6. The van der Waals surface area contributed by atoms with Gasteiger partial charge < -0.3 is 5.32 Å². The van der Waals surface area contributed by atoms with Gasteiger partial charge in [0.15, 0.2) is 0 Å². The van der Waals surface area contributed by atoms with Gasteiger partial charge in [-0.3, -0.25) is 9.88 Å². The van der Waals surface area contributed by atoms with Gasteiger partial charge in [-0.15, -0.1) is 0 Å². The van der Waals surface area contributed by atoms with Crippen LogP contribution in [0.15, 0.2) is 18.3 Å². The van der Waals surface area contributed by atoms with Crippen molar-refractivity contribution in [3.63, 3.8) is 0 Å². The van der Waals surface area contributed by atoms with E-state index in [1.54, 1.807) is 0 Å². The fourth-order valence-electron chi connectivity index (χ4n) is 2.65. The number of nitrogens with zero attached hydrogens (tertiary/aromatic N) is 2. The van der Waals surface area contributed by atoms with Gasteiger partial charge in [-0.05, 0) is 38.1 Å². The summed E-state index contributed by atoms with van der Waals surface area (Å²) < 4.78 is 0. The summed E-state index contributed by atoms with van der Waals surface area (Å²) in [7, 11) is 2.23. The van der Waals surface area contributed by atoms with Crippen LogP contribution in [0.1, 0.15) is 43.9 Å². The first-order valence-corrected chi connectivity index (χ1v) is 7.14. The monoisotopic (exact) mass is 247 g/mol. The van der Waals surface area contributed by atoms with E-state index in [2.05, 4.69) is 41.3 Å². The first-order valence-electron chi connectivity index (χ1n) is 7.14. The molecule has 0 aromatic carbocycles. The van der Waals surface area contributed by atoms with Gasteiger partial charge in [-0.25, -0.2) is 0 Å². The summed E-state index contributed by atoms with van der Waals surface area (Å²) in [5.74, 6) is 0. The van der Waals surface area contributed by atoms with E-state index in [1.165, 1.54) is 36.9 Å². The Hall–Kier alpha value is -0.930. The van der Waals surface area contributed by atoms with Crippen molar-refractivity contribution in [1.82, 2.24) is 15.2 Å². The smallest absolute Gasteiger partial charge is 0.0544 e. The molecule has 0 saturated heterocycles. The topological polar surface area (TPSA) is 28.2 Å². The predicted octanol–water partition coefficient (Wildman–Crippen LogP) is 2.57. The van der Waals surface area contributed by atoms with Gasteiger partial charge in [0.05, 0.1) is 5.69 Å². The molecule has 1 saturated carbocycles. The molecule has 2 rings (SSSR count). The van der Waals surface area contributed by atoms with Gasteiger partial charge in [0.25, 0.3) is 0 Å².